The first-order valence-corrected chi connectivity index (χ1v) is 10.7. The lowest BCUT2D eigenvalue weighted by atomic mass is 9.88. The van der Waals surface area contributed by atoms with E-state index in [1.54, 1.807) is 49.4 Å². The van der Waals surface area contributed by atoms with Gasteiger partial charge < -0.3 is 5.11 Å². The number of hydrogen-bond donors (Lipinski definition) is 1. The molecule has 5 nitrogen and oxygen atoms in total. The maximum absolute atomic E-state index is 13.1. The molecule has 1 aliphatic heterocycles. The molecule has 1 heterocycles. The fourth-order valence-electron chi connectivity index (χ4n) is 3.76. The van der Waals surface area contributed by atoms with Gasteiger partial charge in [-0.3, -0.25) is 4.90 Å². The number of carboxylic acid groups (broad SMARTS) is 1. The lowest BCUT2D eigenvalue weighted by Crippen LogP contribution is -2.48. The van der Waals surface area contributed by atoms with Crippen LogP contribution in [0.15, 0.2) is 53.4 Å². The molecule has 0 saturated heterocycles. The summed E-state index contributed by atoms with van der Waals surface area (Å²) in [5.74, 6) is 0. The summed E-state index contributed by atoms with van der Waals surface area (Å²) in [4.78, 5) is 13.4. The summed E-state index contributed by atoms with van der Waals surface area (Å²) in [5, 5.41) is 8.94. The molecule has 3 rings (SSSR count). The van der Waals surface area contributed by atoms with E-state index in [1.165, 1.54) is 4.90 Å². The molecule has 148 valence electrons. The fraction of sp³-hybridized carbons (Fsp3) is 0.318. The topological polar surface area (TPSA) is 74.7 Å². The zero-order chi connectivity index (χ0) is 20.9. The lowest BCUT2D eigenvalue weighted by Gasteiger charge is -2.39. The third-order valence-electron chi connectivity index (χ3n) is 5.31. The number of allylic oxidation sites excluding steroid dienone is 1. The van der Waals surface area contributed by atoms with Gasteiger partial charge in [0.2, 0.25) is 0 Å². The van der Waals surface area contributed by atoms with Crippen LogP contribution in [0.1, 0.15) is 49.6 Å². The van der Waals surface area contributed by atoms with E-state index in [0.717, 1.165) is 16.7 Å². The highest BCUT2D eigenvalue weighted by atomic mass is 32.2. The van der Waals surface area contributed by atoms with E-state index in [9.17, 15) is 18.3 Å². The summed E-state index contributed by atoms with van der Waals surface area (Å²) in [5.41, 5.74) is 3.20. The molecule has 0 aromatic heterocycles. The largest absolute Gasteiger partial charge is 0.465 e. The number of benzene rings is 2. The van der Waals surface area contributed by atoms with E-state index in [-0.39, 0.29) is 4.90 Å². The molecule has 1 unspecified atom stereocenters. The second kappa shape index (κ2) is 6.78. The Hall–Kier alpha value is -2.60. The summed E-state index contributed by atoms with van der Waals surface area (Å²) in [7, 11) is -3.55. The summed E-state index contributed by atoms with van der Waals surface area (Å²) in [6.45, 7) is 9.17. The molecule has 0 aliphatic carbocycles. The minimum atomic E-state index is -3.55. The Balaban J connectivity index is 2.08. The Morgan fingerprint density at radius 3 is 2.25 bits per heavy atom. The van der Waals surface area contributed by atoms with Crippen LogP contribution in [0.4, 0.5) is 10.5 Å². The Bertz CT molecular complexity index is 1070. The van der Waals surface area contributed by atoms with Gasteiger partial charge in [-0.2, -0.15) is 0 Å². The van der Waals surface area contributed by atoms with Crippen LogP contribution < -0.4 is 4.90 Å². The highest BCUT2D eigenvalue weighted by Gasteiger charge is 2.36. The molecule has 6 heteroatoms. The van der Waals surface area contributed by atoms with E-state index < -0.39 is 26.7 Å². The number of anilines is 1. The van der Waals surface area contributed by atoms with Crippen molar-refractivity contribution in [2.24, 2.45) is 0 Å². The first kappa shape index (κ1) is 20.1. The molecular formula is C22H25NO4S. The van der Waals surface area contributed by atoms with Crippen LogP contribution in [0.2, 0.25) is 0 Å². The first-order valence-electron chi connectivity index (χ1n) is 9.12. The van der Waals surface area contributed by atoms with Gasteiger partial charge in [-0.1, -0.05) is 29.8 Å². The van der Waals surface area contributed by atoms with Crippen LogP contribution in [-0.4, -0.2) is 25.2 Å². The van der Waals surface area contributed by atoms with Gasteiger partial charge in [0, 0.05) is 5.56 Å². The maximum Gasteiger partial charge on any atom is 0.412 e. The number of rotatable bonds is 3. The summed E-state index contributed by atoms with van der Waals surface area (Å²) in [6.07, 6.45) is 0.856. The Morgan fingerprint density at radius 1 is 1.07 bits per heavy atom. The minimum absolute atomic E-state index is 0.281. The predicted molar refractivity (Wildman–Crippen MR) is 111 cm³/mol. The van der Waals surface area contributed by atoms with Gasteiger partial charge in [-0.25, -0.2) is 13.2 Å². The fourth-order valence-corrected chi connectivity index (χ4v) is 5.19. The highest BCUT2D eigenvalue weighted by molar-refractivity contribution is 7.91. The van der Waals surface area contributed by atoms with Gasteiger partial charge in [0.05, 0.1) is 21.4 Å². The Morgan fingerprint density at radius 2 is 1.68 bits per heavy atom. The molecule has 0 bridgehead atoms. The minimum Gasteiger partial charge on any atom is -0.465 e. The van der Waals surface area contributed by atoms with Crippen LogP contribution >= 0.6 is 0 Å². The molecule has 2 aromatic carbocycles. The molecule has 0 spiro atoms. The molecule has 1 N–H and O–H groups in total. The van der Waals surface area contributed by atoms with Gasteiger partial charge in [0.25, 0.3) is 0 Å². The molecule has 0 radical (unpaired) electrons. The van der Waals surface area contributed by atoms with Gasteiger partial charge in [0.1, 0.15) is 0 Å². The zero-order valence-electron chi connectivity index (χ0n) is 16.7. The van der Waals surface area contributed by atoms with E-state index in [4.69, 9.17) is 0 Å². The van der Waals surface area contributed by atoms with Crippen molar-refractivity contribution in [1.82, 2.24) is 0 Å². The average Bonchev–Trinajstić information content (AvgIpc) is 2.60. The van der Waals surface area contributed by atoms with Gasteiger partial charge in [-0.15, -0.1) is 0 Å². The van der Waals surface area contributed by atoms with Gasteiger partial charge in [0.15, 0.2) is 9.84 Å². The number of hydrogen-bond acceptors (Lipinski definition) is 3. The standard InChI is InChI=1S/C22H25NO4S/c1-14-6-9-18(10-7-14)28(26,27)16(3)17-8-11-20-19(12-17)15(2)13-22(4,5)23(20)21(24)25/h6-13,16H,1-5H3,(H,24,25). The van der Waals surface area contributed by atoms with Crippen molar-refractivity contribution < 1.29 is 18.3 Å². The number of fused-ring (bicyclic) bond motifs is 1. The molecule has 1 amide bonds. The summed E-state index contributed by atoms with van der Waals surface area (Å²) in [6, 6.07) is 12.0. The van der Waals surface area contributed by atoms with E-state index in [0.29, 0.717) is 11.3 Å². The lowest BCUT2D eigenvalue weighted by molar-refractivity contribution is 0.197. The normalized spacial score (nSPS) is 16.9. The first-order chi connectivity index (χ1) is 12.9. The van der Waals surface area contributed by atoms with Crippen LogP contribution in [0.3, 0.4) is 0 Å². The quantitative estimate of drug-likeness (QED) is 0.769. The number of carbonyl (C=O) groups is 1. The second-order valence-electron chi connectivity index (χ2n) is 7.88. The van der Waals surface area contributed by atoms with Crippen molar-refractivity contribution in [3.8, 4) is 0 Å². The molecule has 0 fully saturated rings. The predicted octanol–water partition coefficient (Wildman–Crippen LogP) is 5.21. The molecule has 2 aromatic rings. The molecular weight excluding hydrogens is 374 g/mol. The van der Waals surface area contributed by atoms with Crippen LogP contribution in [-0.2, 0) is 9.84 Å². The van der Waals surface area contributed by atoms with Crippen LogP contribution in [0, 0.1) is 6.92 Å². The molecule has 1 atom stereocenters. The van der Waals surface area contributed by atoms with E-state index in [2.05, 4.69) is 0 Å². The van der Waals surface area contributed by atoms with Crippen molar-refractivity contribution >= 4 is 27.2 Å². The smallest absolute Gasteiger partial charge is 0.412 e. The van der Waals surface area contributed by atoms with Crippen LogP contribution in [0.25, 0.3) is 5.57 Å². The van der Waals surface area contributed by atoms with Crippen molar-refractivity contribution in [3.63, 3.8) is 0 Å². The monoisotopic (exact) mass is 399 g/mol. The summed E-state index contributed by atoms with van der Waals surface area (Å²) < 4.78 is 26.1. The van der Waals surface area contributed by atoms with E-state index in [1.807, 2.05) is 33.8 Å². The van der Waals surface area contributed by atoms with Gasteiger partial charge >= 0.3 is 6.09 Å². The Kier molecular flexibility index (Phi) is 4.88. The zero-order valence-corrected chi connectivity index (χ0v) is 17.5. The van der Waals surface area contributed by atoms with Crippen molar-refractivity contribution in [2.75, 3.05) is 4.90 Å². The number of amides is 1. The van der Waals surface area contributed by atoms with Gasteiger partial charge in [-0.05, 0) is 70.0 Å². The molecule has 0 saturated carbocycles. The third-order valence-corrected chi connectivity index (χ3v) is 7.44. The number of nitrogens with zero attached hydrogens (tertiary/aromatic N) is 1. The van der Waals surface area contributed by atoms with Crippen molar-refractivity contribution in [3.05, 3.63) is 65.2 Å². The average molecular weight is 400 g/mol. The number of aryl methyl sites for hydroxylation is 1. The van der Waals surface area contributed by atoms with Crippen molar-refractivity contribution in [1.29, 1.82) is 0 Å². The summed E-state index contributed by atoms with van der Waals surface area (Å²) >= 11 is 0. The Labute approximate surface area is 166 Å². The maximum atomic E-state index is 13.1. The SMILES string of the molecule is CC1=CC(C)(C)N(C(=O)O)c2ccc(C(C)S(=O)(=O)c3ccc(C)cc3)cc21. The second-order valence-corrected chi connectivity index (χ2v) is 10.1. The number of sulfone groups is 1. The third kappa shape index (κ3) is 3.33. The highest BCUT2D eigenvalue weighted by Crippen LogP contribution is 2.41. The van der Waals surface area contributed by atoms with Crippen LogP contribution in [0.5, 0.6) is 0 Å². The van der Waals surface area contributed by atoms with E-state index >= 15 is 0 Å². The molecule has 28 heavy (non-hydrogen) atoms. The molecule has 1 aliphatic rings. The van der Waals surface area contributed by atoms with Crippen molar-refractivity contribution in [2.45, 2.75) is 50.3 Å².